The zero-order chi connectivity index (χ0) is 16.9. The third-order valence-electron chi connectivity index (χ3n) is 4.03. The second kappa shape index (κ2) is 11.9. The maximum absolute atomic E-state index is 12.0. The van der Waals surface area contributed by atoms with Crippen LogP contribution in [0.4, 0.5) is 0 Å². The number of hydrogen-bond donors (Lipinski definition) is 2. The number of rotatable bonds is 12. The highest BCUT2D eigenvalue weighted by atomic mass is 16.5. The third kappa shape index (κ3) is 8.60. The van der Waals surface area contributed by atoms with Crippen molar-refractivity contribution in [1.82, 2.24) is 5.32 Å². The minimum Gasteiger partial charge on any atom is -0.497 e. The summed E-state index contributed by atoms with van der Waals surface area (Å²) in [5.74, 6) is 0.748. The SMILES string of the molecule is CCCCCCCCCNC(=O)[C@H](N)Cc1ccc(OC)cc1. The number of nitrogens with two attached hydrogens (primary N) is 1. The van der Waals surface area contributed by atoms with Crippen LogP contribution in [0.2, 0.25) is 0 Å². The quantitative estimate of drug-likeness (QED) is 0.580. The van der Waals surface area contributed by atoms with Crippen molar-refractivity contribution in [2.45, 2.75) is 64.3 Å². The number of unbranched alkanes of at least 4 members (excludes halogenated alkanes) is 6. The van der Waals surface area contributed by atoms with E-state index < -0.39 is 6.04 Å². The lowest BCUT2D eigenvalue weighted by atomic mass is 10.1. The van der Waals surface area contributed by atoms with Crippen molar-refractivity contribution in [2.75, 3.05) is 13.7 Å². The Morgan fingerprint density at radius 1 is 1.09 bits per heavy atom. The number of hydrogen-bond acceptors (Lipinski definition) is 3. The van der Waals surface area contributed by atoms with Gasteiger partial charge >= 0.3 is 0 Å². The first-order valence-corrected chi connectivity index (χ1v) is 8.83. The molecular formula is C19H32N2O2. The molecule has 0 saturated heterocycles. The predicted octanol–water partition coefficient (Wildman–Crippen LogP) is 3.43. The molecular weight excluding hydrogens is 288 g/mol. The van der Waals surface area contributed by atoms with E-state index >= 15 is 0 Å². The molecule has 1 atom stereocenters. The van der Waals surface area contributed by atoms with Gasteiger partial charge in [0.1, 0.15) is 5.75 Å². The second-order valence-corrected chi connectivity index (χ2v) is 6.07. The van der Waals surface area contributed by atoms with Crippen LogP contribution in [0.5, 0.6) is 5.75 Å². The van der Waals surface area contributed by atoms with Crippen molar-refractivity contribution in [3.05, 3.63) is 29.8 Å². The summed E-state index contributed by atoms with van der Waals surface area (Å²) in [4.78, 5) is 12.0. The van der Waals surface area contributed by atoms with E-state index in [1.54, 1.807) is 7.11 Å². The molecule has 1 amide bonds. The monoisotopic (exact) mass is 320 g/mol. The van der Waals surface area contributed by atoms with Gasteiger partial charge in [-0.3, -0.25) is 4.79 Å². The average Bonchev–Trinajstić information content (AvgIpc) is 2.57. The zero-order valence-corrected chi connectivity index (χ0v) is 14.6. The van der Waals surface area contributed by atoms with Gasteiger partial charge in [-0.2, -0.15) is 0 Å². The highest BCUT2D eigenvalue weighted by Crippen LogP contribution is 2.12. The van der Waals surface area contributed by atoms with E-state index in [0.717, 1.165) is 24.3 Å². The van der Waals surface area contributed by atoms with E-state index in [4.69, 9.17) is 10.5 Å². The summed E-state index contributed by atoms with van der Waals surface area (Å²) in [6.45, 7) is 2.95. The Morgan fingerprint density at radius 2 is 1.70 bits per heavy atom. The molecule has 0 heterocycles. The average molecular weight is 320 g/mol. The van der Waals surface area contributed by atoms with Gasteiger partial charge in [0.2, 0.25) is 5.91 Å². The van der Waals surface area contributed by atoms with Crippen LogP contribution in [-0.2, 0) is 11.2 Å². The number of methoxy groups -OCH3 is 1. The number of benzene rings is 1. The van der Waals surface area contributed by atoms with Crippen LogP contribution in [-0.4, -0.2) is 25.6 Å². The molecule has 3 N–H and O–H groups in total. The van der Waals surface area contributed by atoms with Gasteiger partial charge in [-0.25, -0.2) is 0 Å². The Morgan fingerprint density at radius 3 is 2.30 bits per heavy atom. The summed E-state index contributed by atoms with van der Waals surface area (Å²) in [5.41, 5.74) is 7.02. The molecule has 0 bridgehead atoms. The number of carbonyl (C=O) groups excluding carboxylic acids is 1. The molecule has 0 unspecified atom stereocenters. The largest absolute Gasteiger partial charge is 0.497 e. The number of ether oxygens (including phenoxy) is 1. The lowest BCUT2D eigenvalue weighted by Crippen LogP contribution is -2.42. The number of carbonyl (C=O) groups is 1. The predicted molar refractivity (Wildman–Crippen MR) is 95.7 cm³/mol. The molecule has 0 fully saturated rings. The molecule has 0 saturated carbocycles. The fourth-order valence-electron chi connectivity index (χ4n) is 2.53. The summed E-state index contributed by atoms with van der Waals surface area (Å²) < 4.78 is 5.12. The number of nitrogens with one attached hydrogen (secondary N) is 1. The van der Waals surface area contributed by atoms with Crippen LogP contribution in [0.25, 0.3) is 0 Å². The van der Waals surface area contributed by atoms with Crippen molar-refractivity contribution in [3.8, 4) is 5.75 Å². The minimum atomic E-state index is -0.493. The van der Waals surface area contributed by atoms with Crippen molar-refractivity contribution in [3.63, 3.8) is 0 Å². The Hall–Kier alpha value is -1.55. The molecule has 23 heavy (non-hydrogen) atoms. The van der Waals surface area contributed by atoms with Crippen molar-refractivity contribution in [2.24, 2.45) is 5.73 Å². The molecule has 1 aromatic rings. The molecule has 0 aliphatic heterocycles. The van der Waals surface area contributed by atoms with Crippen molar-refractivity contribution >= 4 is 5.91 Å². The maximum Gasteiger partial charge on any atom is 0.237 e. The van der Waals surface area contributed by atoms with E-state index in [2.05, 4.69) is 12.2 Å². The molecule has 130 valence electrons. The van der Waals surface area contributed by atoms with Crippen LogP contribution in [0.1, 0.15) is 57.4 Å². The van der Waals surface area contributed by atoms with E-state index in [9.17, 15) is 4.79 Å². The molecule has 0 radical (unpaired) electrons. The summed E-state index contributed by atoms with van der Waals surface area (Å²) in [6.07, 6.45) is 9.26. The topological polar surface area (TPSA) is 64.4 Å². The molecule has 4 heteroatoms. The summed E-state index contributed by atoms with van der Waals surface area (Å²) in [6, 6.07) is 7.18. The van der Waals surface area contributed by atoms with Crippen LogP contribution in [0, 0.1) is 0 Å². The van der Waals surface area contributed by atoms with Crippen molar-refractivity contribution in [1.29, 1.82) is 0 Å². The Kier molecular flexibility index (Phi) is 10.1. The Bertz CT molecular complexity index is 432. The summed E-state index contributed by atoms with van der Waals surface area (Å²) >= 11 is 0. The van der Waals surface area contributed by atoms with Crippen LogP contribution >= 0.6 is 0 Å². The molecule has 1 rings (SSSR count). The normalized spacial score (nSPS) is 12.0. The first-order valence-electron chi connectivity index (χ1n) is 8.83. The van der Waals surface area contributed by atoms with Gasteiger partial charge in [-0.05, 0) is 30.5 Å². The standard InChI is InChI=1S/C19H32N2O2/c1-3-4-5-6-7-8-9-14-21-19(22)18(20)15-16-10-12-17(23-2)13-11-16/h10-13,18H,3-9,14-15,20H2,1-2H3,(H,21,22)/t18-/m1/s1. The van der Waals surface area contributed by atoms with Gasteiger partial charge < -0.3 is 15.8 Å². The van der Waals surface area contributed by atoms with Crippen LogP contribution in [0.15, 0.2) is 24.3 Å². The van der Waals surface area contributed by atoms with E-state index in [1.807, 2.05) is 24.3 Å². The lowest BCUT2D eigenvalue weighted by Gasteiger charge is -2.12. The highest BCUT2D eigenvalue weighted by Gasteiger charge is 2.13. The van der Waals surface area contributed by atoms with Gasteiger partial charge in [-0.15, -0.1) is 0 Å². The second-order valence-electron chi connectivity index (χ2n) is 6.07. The summed E-state index contributed by atoms with van der Waals surface area (Å²) in [5, 5.41) is 2.94. The summed E-state index contributed by atoms with van der Waals surface area (Å²) in [7, 11) is 1.64. The lowest BCUT2D eigenvalue weighted by molar-refractivity contribution is -0.122. The van der Waals surface area contributed by atoms with Crippen LogP contribution < -0.4 is 15.8 Å². The molecule has 0 aromatic heterocycles. The molecule has 0 aliphatic carbocycles. The molecule has 4 nitrogen and oxygen atoms in total. The first kappa shape index (κ1) is 19.5. The fourth-order valence-corrected chi connectivity index (χ4v) is 2.53. The number of amides is 1. The van der Waals surface area contributed by atoms with Gasteiger partial charge in [-0.1, -0.05) is 57.6 Å². The van der Waals surface area contributed by atoms with Gasteiger partial charge in [0.15, 0.2) is 0 Å². The van der Waals surface area contributed by atoms with Crippen LogP contribution in [0.3, 0.4) is 0 Å². The third-order valence-corrected chi connectivity index (χ3v) is 4.03. The van der Waals surface area contributed by atoms with E-state index in [1.165, 1.54) is 38.5 Å². The smallest absolute Gasteiger partial charge is 0.237 e. The minimum absolute atomic E-state index is 0.0631. The molecule has 0 aliphatic rings. The Balaban J connectivity index is 2.13. The van der Waals surface area contributed by atoms with E-state index in [-0.39, 0.29) is 5.91 Å². The first-order chi connectivity index (χ1) is 11.2. The molecule has 0 spiro atoms. The molecule has 1 aromatic carbocycles. The maximum atomic E-state index is 12.0. The Labute approximate surface area is 140 Å². The fraction of sp³-hybridized carbons (Fsp3) is 0.632. The highest BCUT2D eigenvalue weighted by molar-refractivity contribution is 5.81. The van der Waals surface area contributed by atoms with Gasteiger partial charge in [0.05, 0.1) is 13.2 Å². The van der Waals surface area contributed by atoms with E-state index in [0.29, 0.717) is 6.42 Å². The zero-order valence-electron chi connectivity index (χ0n) is 14.6. The van der Waals surface area contributed by atoms with Crippen molar-refractivity contribution < 1.29 is 9.53 Å². The van der Waals surface area contributed by atoms with Gasteiger partial charge in [0.25, 0.3) is 0 Å². The van der Waals surface area contributed by atoms with Gasteiger partial charge in [0, 0.05) is 6.54 Å².